The van der Waals surface area contributed by atoms with Gasteiger partial charge < -0.3 is 10.2 Å². The minimum Gasteiger partial charge on any atom is -0.394 e. The SMILES string of the molecule is C=CC(CCC)[N+](C)=C/C=C/Cc1ccc(CN2CCN(c3ccc(C)cc3F)CC2)cc1.C=CNC.C=Cc1cccc(C)c1C. The first-order chi connectivity index (χ1) is 22.7. The smallest absolute Gasteiger partial charge is 0.170 e. The normalized spacial score (nSPS) is 13.9. The average Bonchev–Trinajstić information content (AvgIpc) is 3.08. The van der Waals surface area contributed by atoms with Crippen molar-refractivity contribution in [2.45, 2.75) is 59.5 Å². The van der Waals surface area contributed by atoms with Gasteiger partial charge in [-0.2, -0.15) is 0 Å². The molecule has 252 valence electrons. The Hall–Kier alpha value is -4.22. The molecule has 3 aromatic rings. The largest absolute Gasteiger partial charge is 0.394 e. The van der Waals surface area contributed by atoms with Crippen LogP contribution in [0.1, 0.15) is 53.1 Å². The number of halogens is 1. The Morgan fingerprint density at radius 3 is 2.15 bits per heavy atom. The van der Waals surface area contributed by atoms with Crippen LogP contribution in [0.3, 0.4) is 0 Å². The summed E-state index contributed by atoms with van der Waals surface area (Å²) >= 11 is 0. The van der Waals surface area contributed by atoms with Crippen LogP contribution in [-0.2, 0) is 13.0 Å². The van der Waals surface area contributed by atoms with E-state index < -0.39 is 0 Å². The molecule has 3 aromatic carbocycles. The molecule has 4 rings (SSSR count). The van der Waals surface area contributed by atoms with E-state index in [4.69, 9.17) is 0 Å². The van der Waals surface area contributed by atoms with Crippen molar-refractivity contribution < 1.29 is 8.97 Å². The Labute approximate surface area is 285 Å². The van der Waals surface area contributed by atoms with Gasteiger partial charge >= 0.3 is 0 Å². The number of nitrogens with one attached hydrogen (secondary N) is 1. The molecule has 5 heteroatoms. The fourth-order valence-electron chi connectivity index (χ4n) is 5.34. The fraction of sp³-hybridized carbons (Fsp3) is 0.357. The van der Waals surface area contributed by atoms with Gasteiger partial charge in [-0.3, -0.25) is 4.90 Å². The fourth-order valence-corrected chi connectivity index (χ4v) is 5.34. The molecule has 4 nitrogen and oxygen atoms in total. The lowest BCUT2D eigenvalue weighted by atomic mass is 10.0. The molecule has 1 unspecified atom stereocenters. The summed E-state index contributed by atoms with van der Waals surface area (Å²) < 4.78 is 16.5. The van der Waals surface area contributed by atoms with Crippen LogP contribution in [0.15, 0.2) is 105 Å². The number of piperazine rings is 1. The number of allylic oxidation sites excluding steroid dienone is 2. The summed E-state index contributed by atoms with van der Waals surface area (Å²) in [7, 11) is 3.92. The van der Waals surface area contributed by atoms with Crippen LogP contribution in [0, 0.1) is 26.6 Å². The predicted molar refractivity (Wildman–Crippen MR) is 204 cm³/mol. The van der Waals surface area contributed by atoms with E-state index in [0.717, 1.165) is 63.2 Å². The summed E-state index contributed by atoms with van der Waals surface area (Å²) in [5.74, 6) is -0.112. The first-order valence-electron chi connectivity index (χ1n) is 16.8. The number of likely N-dealkylation sites (N-methyl/N-ethyl adjacent to an activating group) is 1. The second kappa shape index (κ2) is 21.6. The highest BCUT2D eigenvalue weighted by molar-refractivity contribution is 5.66. The van der Waals surface area contributed by atoms with Crippen molar-refractivity contribution in [2.24, 2.45) is 0 Å². The lowest BCUT2D eigenvalue weighted by Gasteiger charge is -2.36. The molecule has 1 aliphatic heterocycles. The van der Waals surface area contributed by atoms with Gasteiger partial charge in [0.1, 0.15) is 12.9 Å². The van der Waals surface area contributed by atoms with Crippen LogP contribution in [0.25, 0.3) is 6.08 Å². The summed E-state index contributed by atoms with van der Waals surface area (Å²) in [4.78, 5) is 4.61. The number of nitrogens with zero attached hydrogens (tertiary/aromatic N) is 3. The van der Waals surface area contributed by atoms with Crippen molar-refractivity contribution in [3.05, 3.63) is 144 Å². The molecular weight excluding hydrogens is 579 g/mol. The van der Waals surface area contributed by atoms with Crippen molar-refractivity contribution in [1.29, 1.82) is 0 Å². The Bertz CT molecular complexity index is 1450. The molecule has 1 aliphatic rings. The third-order valence-electron chi connectivity index (χ3n) is 8.51. The topological polar surface area (TPSA) is 21.5 Å². The first kappa shape index (κ1) is 39.0. The molecule has 0 amide bonds. The Morgan fingerprint density at radius 2 is 1.60 bits per heavy atom. The van der Waals surface area contributed by atoms with Gasteiger partial charge in [0.05, 0.1) is 5.69 Å². The van der Waals surface area contributed by atoms with Gasteiger partial charge in [0, 0.05) is 46.2 Å². The quantitative estimate of drug-likeness (QED) is 0.122. The van der Waals surface area contributed by atoms with Crippen molar-refractivity contribution >= 4 is 18.0 Å². The Morgan fingerprint density at radius 1 is 0.936 bits per heavy atom. The van der Waals surface area contributed by atoms with E-state index in [9.17, 15) is 4.39 Å². The summed E-state index contributed by atoms with van der Waals surface area (Å²) in [5, 5.41) is 2.69. The molecule has 0 spiro atoms. The van der Waals surface area contributed by atoms with Gasteiger partial charge in [0.2, 0.25) is 0 Å². The summed E-state index contributed by atoms with van der Waals surface area (Å²) in [6.07, 6.45) is 15.2. The molecule has 47 heavy (non-hydrogen) atoms. The van der Waals surface area contributed by atoms with Crippen LogP contribution in [0.4, 0.5) is 10.1 Å². The van der Waals surface area contributed by atoms with Crippen LogP contribution < -0.4 is 10.2 Å². The Balaban J connectivity index is 0.000000454. The monoisotopic (exact) mass is 637 g/mol. The minimum atomic E-state index is -0.112. The molecule has 1 saturated heterocycles. The number of hydrogen-bond donors (Lipinski definition) is 1. The number of anilines is 1. The highest BCUT2D eigenvalue weighted by Crippen LogP contribution is 2.22. The zero-order chi connectivity index (χ0) is 34.6. The molecule has 1 N–H and O–H groups in total. The van der Waals surface area contributed by atoms with Crippen LogP contribution in [0.2, 0.25) is 0 Å². The number of aryl methyl sites for hydroxylation is 2. The first-order valence-corrected chi connectivity index (χ1v) is 16.8. The number of rotatable bonds is 12. The minimum absolute atomic E-state index is 0.112. The number of hydrogen-bond acceptors (Lipinski definition) is 3. The lowest BCUT2D eigenvalue weighted by Crippen LogP contribution is -2.46. The van der Waals surface area contributed by atoms with Crippen LogP contribution >= 0.6 is 0 Å². The zero-order valence-corrected chi connectivity index (χ0v) is 29.8. The molecule has 0 bridgehead atoms. The van der Waals surface area contributed by atoms with Gasteiger partial charge in [-0.15, -0.1) is 0 Å². The standard InChI is InChI=1S/C29H39FN3.C10H12.C3H7N/c1-5-9-27(6-2)31(4)17-8-7-10-25-12-14-26(15-13-25)23-32-18-20-33(21-19-32)29-16-11-24(3)22-28(29)30;1-4-10-7-5-6-8(2)9(10)3;1-3-4-2/h6-8,11-17,22,27H,2,5,9-10,18-21,23H2,1,3-4H3;4-7H,1H2,2-3H3;3-4H,1H2,2H3/q+1;;/b8-7+,31-17?;;. The highest BCUT2D eigenvalue weighted by atomic mass is 19.1. The van der Waals surface area contributed by atoms with Crippen LogP contribution in [0.5, 0.6) is 0 Å². The third-order valence-corrected chi connectivity index (χ3v) is 8.51. The molecule has 0 aliphatic carbocycles. The van der Waals surface area contributed by atoms with E-state index >= 15 is 0 Å². The summed E-state index contributed by atoms with van der Waals surface area (Å²) in [6, 6.07) is 21.1. The summed E-state index contributed by atoms with van der Waals surface area (Å²) in [6.45, 7) is 24.0. The van der Waals surface area contributed by atoms with Crippen molar-refractivity contribution in [1.82, 2.24) is 10.2 Å². The maximum Gasteiger partial charge on any atom is 0.170 e. The Kier molecular flexibility index (Phi) is 17.9. The van der Waals surface area contributed by atoms with E-state index in [0.29, 0.717) is 6.04 Å². The molecular formula is C42H58FN4+. The van der Waals surface area contributed by atoms with E-state index in [2.05, 4.69) is 128 Å². The van der Waals surface area contributed by atoms with Gasteiger partial charge in [0.15, 0.2) is 12.3 Å². The third kappa shape index (κ3) is 13.6. The van der Waals surface area contributed by atoms with Gasteiger partial charge in [-0.05, 0) is 97.5 Å². The molecule has 1 fully saturated rings. The van der Waals surface area contributed by atoms with Gasteiger partial charge in [-0.25, -0.2) is 8.97 Å². The second-order valence-electron chi connectivity index (χ2n) is 12.1. The van der Waals surface area contributed by atoms with E-state index in [1.165, 1.54) is 27.8 Å². The summed E-state index contributed by atoms with van der Waals surface area (Å²) in [5.41, 5.74) is 8.24. The van der Waals surface area contributed by atoms with Gasteiger partial charge in [0.25, 0.3) is 0 Å². The lowest BCUT2D eigenvalue weighted by molar-refractivity contribution is -0.521. The van der Waals surface area contributed by atoms with Crippen molar-refractivity contribution in [2.75, 3.05) is 45.2 Å². The molecule has 1 heterocycles. The number of benzene rings is 3. The molecule has 1 atom stereocenters. The average molecular weight is 638 g/mol. The van der Waals surface area contributed by atoms with Crippen molar-refractivity contribution in [3.8, 4) is 0 Å². The highest BCUT2D eigenvalue weighted by Gasteiger charge is 2.19. The molecule has 0 aromatic heterocycles. The van der Waals surface area contributed by atoms with E-state index in [1.54, 1.807) is 12.3 Å². The zero-order valence-electron chi connectivity index (χ0n) is 29.8. The molecule has 0 saturated carbocycles. The maximum absolute atomic E-state index is 14.3. The predicted octanol–water partition coefficient (Wildman–Crippen LogP) is 8.92. The maximum atomic E-state index is 14.3. The van der Waals surface area contributed by atoms with Crippen LogP contribution in [-0.4, -0.2) is 62.0 Å². The second-order valence-corrected chi connectivity index (χ2v) is 12.1. The van der Waals surface area contributed by atoms with Crippen molar-refractivity contribution in [3.63, 3.8) is 0 Å². The van der Waals surface area contributed by atoms with E-state index in [-0.39, 0.29) is 5.82 Å². The van der Waals surface area contributed by atoms with Gasteiger partial charge in [-0.1, -0.05) is 87.3 Å². The molecule has 0 radical (unpaired) electrons. The van der Waals surface area contributed by atoms with E-state index in [1.807, 2.05) is 38.3 Å².